The van der Waals surface area contributed by atoms with E-state index in [9.17, 15) is 14.7 Å². The molecule has 4 aliphatic rings. The third-order valence-electron chi connectivity index (χ3n) is 8.99. The molecule has 4 rings (SSSR count). The Morgan fingerprint density at radius 1 is 1.08 bits per heavy atom. The molecular weight excluding hydrogens is 300 g/mol. The molecule has 0 radical (unpaired) electrons. The highest BCUT2D eigenvalue weighted by molar-refractivity contribution is 5.93. The number of Topliss-reactive ketones (excluding diaryl/α,β-unsaturated/α-hetero) is 2. The van der Waals surface area contributed by atoms with Crippen LogP contribution in [-0.2, 0) is 9.59 Å². The van der Waals surface area contributed by atoms with E-state index in [1.54, 1.807) is 6.92 Å². The number of hydrogen-bond donors (Lipinski definition) is 1. The van der Waals surface area contributed by atoms with Gasteiger partial charge in [-0.1, -0.05) is 13.8 Å². The van der Waals surface area contributed by atoms with Crippen molar-refractivity contribution in [3.63, 3.8) is 0 Å². The van der Waals surface area contributed by atoms with Gasteiger partial charge in [-0.05, 0) is 81.0 Å². The lowest BCUT2D eigenvalue weighted by molar-refractivity contribution is -0.161. The topological polar surface area (TPSA) is 54.4 Å². The van der Waals surface area contributed by atoms with Crippen LogP contribution in [0, 0.1) is 40.4 Å². The SMILES string of the molecule is CC(=O)[C@H]1CC[C@H]2[C@@H]3CC[C@H]4C[C@@H](O)CC[C@]4(C)[C@H]3CC(=O)[C@]12C. The standard InChI is InChI=1S/C21H32O3/c1-12(22)16-6-7-17-15-5-4-13-10-14(23)8-9-20(13,2)18(15)11-19(24)21(16,17)3/h13-18,23H,4-11H2,1-3H3/t13-,14-,15-,16+,17-,18-,20-,21+/m0/s1. The number of fused-ring (bicyclic) bond motifs is 5. The fraction of sp³-hybridized carbons (Fsp3) is 0.905. The largest absolute Gasteiger partial charge is 0.393 e. The maximum atomic E-state index is 13.2. The smallest absolute Gasteiger partial charge is 0.140 e. The molecule has 0 heterocycles. The van der Waals surface area contributed by atoms with Crippen LogP contribution in [0.3, 0.4) is 0 Å². The first-order chi connectivity index (χ1) is 11.3. The number of ketones is 2. The van der Waals surface area contributed by atoms with Gasteiger partial charge in [0.2, 0.25) is 0 Å². The van der Waals surface area contributed by atoms with Gasteiger partial charge < -0.3 is 5.11 Å². The van der Waals surface area contributed by atoms with Crippen molar-refractivity contribution in [3.8, 4) is 0 Å². The van der Waals surface area contributed by atoms with E-state index >= 15 is 0 Å². The van der Waals surface area contributed by atoms with Crippen LogP contribution in [0.2, 0.25) is 0 Å². The summed E-state index contributed by atoms with van der Waals surface area (Å²) in [4.78, 5) is 25.4. The third kappa shape index (κ3) is 2.06. The van der Waals surface area contributed by atoms with Crippen molar-refractivity contribution in [2.45, 2.75) is 78.2 Å². The summed E-state index contributed by atoms with van der Waals surface area (Å²) in [5, 5.41) is 10.1. The van der Waals surface area contributed by atoms with Crippen LogP contribution in [0.1, 0.15) is 72.1 Å². The highest BCUT2D eigenvalue weighted by Crippen LogP contribution is 2.66. The summed E-state index contributed by atoms with van der Waals surface area (Å²) in [6.07, 6.45) is 7.75. The van der Waals surface area contributed by atoms with Gasteiger partial charge in [0.15, 0.2) is 0 Å². The number of carbonyl (C=O) groups is 2. The van der Waals surface area contributed by atoms with E-state index in [-0.39, 0.29) is 23.2 Å². The molecule has 8 atom stereocenters. The zero-order chi connectivity index (χ0) is 17.3. The van der Waals surface area contributed by atoms with Gasteiger partial charge in [-0.3, -0.25) is 9.59 Å². The van der Waals surface area contributed by atoms with Crippen LogP contribution < -0.4 is 0 Å². The van der Waals surface area contributed by atoms with Crippen molar-refractivity contribution in [3.05, 3.63) is 0 Å². The predicted octanol–water partition coefficient (Wildman–Crippen LogP) is 3.77. The van der Waals surface area contributed by atoms with E-state index in [0.29, 0.717) is 35.9 Å². The lowest BCUT2D eigenvalue weighted by Crippen LogP contribution is -2.57. The molecule has 0 bridgehead atoms. The molecule has 0 spiro atoms. The maximum absolute atomic E-state index is 13.2. The van der Waals surface area contributed by atoms with Crippen LogP contribution >= 0.6 is 0 Å². The molecule has 134 valence electrons. The van der Waals surface area contributed by atoms with Crippen molar-refractivity contribution >= 4 is 11.6 Å². The minimum Gasteiger partial charge on any atom is -0.393 e. The Balaban J connectivity index is 1.68. The van der Waals surface area contributed by atoms with E-state index < -0.39 is 5.41 Å². The van der Waals surface area contributed by atoms with E-state index in [4.69, 9.17) is 0 Å². The molecule has 24 heavy (non-hydrogen) atoms. The summed E-state index contributed by atoms with van der Waals surface area (Å²) < 4.78 is 0. The van der Waals surface area contributed by atoms with Gasteiger partial charge in [0.1, 0.15) is 11.6 Å². The van der Waals surface area contributed by atoms with Crippen LogP contribution in [0.25, 0.3) is 0 Å². The maximum Gasteiger partial charge on any atom is 0.140 e. The highest BCUT2D eigenvalue weighted by Gasteiger charge is 2.64. The van der Waals surface area contributed by atoms with Crippen molar-refractivity contribution in [2.75, 3.05) is 0 Å². The lowest BCUT2D eigenvalue weighted by atomic mass is 9.44. The first-order valence-electron chi connectivity index (χ1n) is 10.00. The Hall–Kier alpha value is -0.700. The van der Waals surface area contributed by atoms with Crippen molar-refractivity contribution < 1.29 is 14.7 Å². The minimum absolute atomic E-state index is 0.0466. The normalized spacial score (nSPS) is 53.9. The zero-order valence-electron chi connectivity index (χ0n) is 15.4. The second kappa shape index (κ2) is 5.40. The molecule has 0 aromatic rings. The monoisotopic (exact) mass is 332 g/mol. The number of rotatable bonds is 1. The lowest BCUT2D eigenvalue weighted by Gasteiger charge is -2.60. The number of hydrogen-bond acceptors (Lipinski definition) is 3. The molecule has 1 N–H and O–H groups in total. The molecule has 0 unspecified atom stereocenters. The van der Waals surface area contributed by atoms with Crippen molar-refractivity contribution in [1.29, 1.82) is 0 Å². The third-order valence-corrected chi connectivity index (χ3v) is 8.99. The Morgan fingerprint density at radius 3 is 2.54 bits per heavy atom. The summed E-state index contributed by atoms with van der Waals surface area (Å²) in [5.41, 5.74) is -0.183. The second-order valence-electron chi connectivity index (χ2n) is 9.74. The molecule has 0 aromatic carbocycles. The Kier molecular flexibility index (Phi) is 3.77. The summed E-state index contributed by atoms with van der Waals surface area (Å²) >= 11 is 0. The molecule has 4 fully saturated rings. The number of carbonyl (C=O) groups excluding carboxylic acids is 2. The molecule has 0 saturated heterocycles. The van der Waals surface area contributed by atoms with Gasteiger partial charge in [0, 0.05) is 17.8 Å². The fourth-order valence-corrected chi connectivity index (χ4v) is 7.59. The zero-order valence-corrected chi connectivity index (χ0v) is 15.4. The first kappa shape index (κ1) is 16.8. The van der Waals surface area contributed by atoms with E-state index in [1.807, 2.05) is 0 Å². The van der Waals surface area contributed by atoms with Gasteiger partial charge in [-0.15, -0.1) is 0 Å². The number of aliphatic hydroxyl groups is 1. The van der Waals surface area contributed by atoms with E-state index in [1.165, 1.54) is 12.8 Å². The van der Waals surface area contributed by atoms with Gasteiger partial charge in [-0.25, -0.2) is 0 Å². The summed E-state index contributed by atoms with van der Waals surface area (Å²) in [6.45, 7) is 6.18. The Labute approximate surface area is 145 Å². The van der Waals surface area contributed by atoms with E-state index in [2.05, 4.69) is 13.8 Å². The summed E-state index contributed by atoms with van der Waals surface area (Å²) in [7, 11) is 0. The molecule has 3 heteroatoms. The molecule has 4 saturated carbocycles. The molecule has 0 aromatic heterocycles. The average Bonchev–Trinajstić information content (AvgIpc) is 2.88. The van der Waals surface area contributed by atoms with Crippen LogP contribution in [0.5, 0.6) is 0 Å². The second-order valence-corrected chi connectivity index (χ2v) is 9.74. The molecular formula is C21H32O3. The fourth-order valence-electron chi connectivity index (χ4n) is 7.59. The average molecular weight is 332 g/mol. The molecule has 0 amide bonds. The van der Waals surface area contributed by atoms with Crippen LogP contribution in [-0.4, -0.2) is 22.8 Å². The summed E-state index contributed by atoms with van der Waals surface area (Å²) in [5.74, 6) is 2.59. The quantitative estimate of drug-likeness (QED) is 0.795. The van der Waals surface area contributed by atoms with Crippen molar-refractivity contribution in [2.24, 2.45) is 40.4 Å². The van der Waals surface area contributed by atoms with Crippen LogP contribution in [0.4, 0.5) is 0 Å². The van der Waals surface area contributed by atoms with Crippen LogP contribution in [0.15, 0.2) is 0 Å². The highest BCUT2D eigenvalue weighted by atomic mass is 16.3. The summed E-state index contributed by atoms with van der Waals surface area (Å²) in [6, 6.07) is 0. The molecule has 0 aliphatic heterocycles. The van der Waals surface area contributed by atoms with Gasteiger partial charge in [-0.2, -0.15) is 0 Å². The van der Waals surface area contributed by atoms with E-state index in [0.717, 1.165) is 32.1 Å². The molecule has 3 nitrogen and oxygen atoms in total. The van der Waals surface area contributed by atoms with Gasteiger partial charge >= 0.3 is 0 Å². The Morgan fingerprint density at radius 2 is 1.83 bits per heavy atom. The predicted molar refractivity (Wildman–Crippen MR) is 92.3 cm³/mol. The Bertz CT molecular complexity index is 569. The molecule has 4 aliphatic carbocycles. The van der Waals surface area contributed by atoms with Gasteiger partial charge in [0.05, 0.1) is 6.10 Å². The minimum atomic E-state index is -0.398. The first-order valence-corrected chi connectivity index (χ1v) is 10.00. The number of aliphatic hydroxyl groups excluding tert-OH is 1. The van der Waals surface area contributed by atoms with Crippen molar-refractivity contribution in [1.82, 2.24) is 0 Å². The van der Waals surface area contributed by atoms with Gasteiger partial charge in [0.25, 0.3) is 0 Å².